The highest BCUT2D eigenvalue weighted by Gasteiger charge is 2.33. The Morgan fingerprint density at radius 2 is 2.04 bits per heavy atom. The van der Waals surface area contributed by atoms with E-state index in [1.54, 1.807) is 19.5 Å². The highest BCUT2D eigenvalue weighted by Crippen LogP contribution is 2.25. The number of ether oxygens (including phenoxy) is 1. The van der Waals surface area contributed by atoms with Gasteiger partial charge in [-0.25, -0.2) is 4.98 Å². The van der Waals surface area contributed by atoms with Crippen LogP contribution in [-0.4, -0.2) is 60.9 Å². The van der Waals surface area contributed by atoms with Crippen molar-refractivity contribution in [3.63, 3.8) is 0 Å². The van der Waals surface area contributed by atoms with E-state index >= 15 is 0 Å². The molecule has 1 aromatic carbocycles. The second-order valence-corrected chi connectivity index (χ2v) is 7.17. The van der Waals surface area contributed by atoms with E-state index in [1.165, 1.54) is 16.2 Å². The summed E-state index contributed by atoms with van der Waals surface area (Å²) in [4.78, 5) is 42.5. The molecule has 1 saturated heterocycles. The van der Waals surface area contributed by atoms with E-state index < -0.39 is 11.9 Å². The first-order valence-electron chi connectivity index (χ1n) is 8.92. The normalized spacial score (nSPS) is 15.9. The SMILES string of the molecule is CNC(=O)C1CCCN1C(=O)CNC(=O)c1csc(-c2ccc(OC)cc2)n1. The van der Waals surface area contributed by atoms with Crippen LogP contribution in [0.5, 0.6) is 5.75 Å². The van der Waals surface area contributed by atoms with Gasteiger partial charge in [-0.1, -0.05) is 0 Å². The van der Waals surface area contributed by atoms with Gasteiger partial charge in [0.15, 0.2) is 0 Å². The molecule has 1 aliphatic heterocycles. The van der Waals surface area contributed by atoms with E-state index in [0.29, 0.717) is 18.0 Å². The van der Waals surface area contributed by atoms with Gasteiger partial charge in [0.25, 0.3) is 5.91 Å². The number of nitrogens with one attached hydrogen (secondary N) is 2. The van der Waals surface area contributed by atoms with Gasteiger partial charge in [-0.2, -0.15) is 0 Å². The predicted molar refractivity (Wildman–Crippen MR) is 105 cm³/mol. The van der Waals surface area contributed by atoms with Gasteiger partial charge in [-0.05, 0) is 37.1 Å². The lowest BCUT2D eigenvalue weighted by molar-refractivity contribution is -0.137. The molecule has 1 aromatic heterocycles. The van der Waals surface area contributed by atoms with Crippen molar-refractivity contribution in [2.24, 2.45) is 0 Å². The van der Waals surface area contributed by atoms with E-state index in [0.717, 1.165) is 17.7 Å². The number of hydrogen-bond donors (Lipinski definition) is 2. The third-order valence-electron chi connectivity index (χ3n) is 4.60. The van der Waals surface area contributed by atoms with Gasteiger partial charge in [-0.3, -0.25) is 14.4 Å². The van der Waals surface area contributed by atoms with Crippen LogP contribution in [0, 0.1) is 0 Å². The van der Waals surface area contributed by atoms with Crippen LogP contribution in [0.25, 0.3) is 10.6 Å². The van der Waals surface area contributed by atoms with E-state index in [9.17, 15) is 14.4 Å². The minimum atomic E-state index is -0.463. The van der Waals surface area contributed by atoms with Gasteiger partial charge < -0.3 is 20.3 Å². The molecule has 1 fully saturated rings. The Morgan fingerprint density at radius 1 is 1.29 bits per heavy atom. The standard InChI is InChI=1S/C19H22N4O4S/c1-20-18(26)15-4-3-9-23(15)16(24)10-21-17(25)14-11-28-19(22-14)12-5-7-13(27-2)8-6-12/h5-8,11,15H,3-4,9-10H2,1-2H3,(H,20,26)(H,21,25). The van der Waals surface area contributed by atoms with Crippen molar-refractivity contribution in [1.82, 2.24) is 20.5 Å². The Labute approximate surface area is 166 Å². The predicted octanol–water partition coefficient (Wildman–Crippen LogP) is 1.29. The zero-order chi connectivity index (χ0) is 20.1. The lowest BCUT2D eigenvalue weighted by atomic mass is 10.2. The highest BCUT2D eigenvalue weighted by atomic mass is 32.1. The fourth-order valence-corrected chi connectivity index (χ4v) is 3.90. The fourth-order valence-electron chi connectivity index (χ4n) is 3.10. The second kappa shape index (κ2) is 8.83. The monoisotopic (exact) mass is 402 g/mol. The molecule has 3 amide bonds. The highest BCUT2D eigenvalue weighted by molar-refractivity contribution is 7.13. The zero-order valence-corrected chi connectivity index (χ0v) is 16.5. The van der Waals surface area contributed by atoms with Crippen molar-refractivity contribution in [2.45, 2.75) is 18.9 Å². The number of carbonyl (C=O) groups is 3. The van der Waals surface area contributed by atoms with Gasteiger partial charge in [0.1, 0.15) is 22.5 Å². The number of carbonyl (C=O) groups excluding carboxylic acids is 3. The number of aromatic nitrogens is 1. The Bertz CT molecular complexity index is 865. The summed E-state index contributed by atoms with van der Waals surface area (Å²) in [6, 6.07) is 6.93. The molecule has 2 heterocycles. The molecule has 1 unspecified atom stereocenters. The van der Waals surface area contributed by atoms with Crippen LogP contribution in [-0.2, 0) is 9.59 Å². The van der Waals surface area contributed by atoms with Gasteiger partial charge in [-0.15, -0.1) is 11.3 Å². The molecule has 8 nitrogen and oxygen atoms in total. The molecule has 0 saturated carbocycles. The van der Waals surface area contributed by atoms with Gasteiger partial charge in [0.2, 0.25) is 11.8 Å². The van der Waals surface area contributed by atoms with Gasteiger partial charge in [0, 0.05) is 24.5 Å². The maximum absolute atomic E-state index is 12.4. The molecule has 148 valence electrons. The lowest BCUT2D eigenvalue weighted by Crippen LogP contribution is -2.48. The van der Waals surface area contributed by atoms with Gasteiger partial charge >= 0.3 is 0 Å². The summed E-state index contributed by atoms with van der Waals surface area (Å²) in [7, 11) is 3.15. The number of amides is 3. The first kappa shape index (κ1) is 19.8. The lowest BCUT2D eigenvalue weighted by Gasteiger charge is -2.23. The molecule has 28 heavy (non-hydrogen) atoms. The van der Waals surface area contributed by atoms with Crippen LogP contribution < -0.4 is 15.4 Å². The summed E-state index contributed by atoms with van der Waals surface area (Å²) in [5, 5.41) is 7.53. The number of likely N-dealkylation sites (tertiary alicyclic amines) is 1. The summed E-state index contributed by atoms with van der Waals surface area (Å²) in [5.41, 5.74) is 1.14. The van der Waals surface area contributed by atoms with Crippen LogP contribution in [0.4, 0.5) is 0 Å². The van der Waals surface area contributed by atoms with Crippen molar-refractivity contribution < 1.29 is 19.1 Å². The molecule has 0 aliphatic carbocycles. The number of benzene rings is 1. The molecule has 1 aliphatic rings. The van der Waals surface area contributed by atoms with Crippen LogP contribution >= 0.6 is 11.3 Å². The molecule has 0 spiro atoms. The van der Waals surface area contributed by atoms with Crippen LogP contribution in [0.2, 0.25) is 0 Å². The van der Waals surface area contributed by atoms with Crippen molar-refractivity contribution in [3.05, 3.63) is 35.3 Å². The Kier molecular flexibility index (Phi) is 6.25. The molecule has 0 radical (unpaired) electrons. The molecule has 2 N–H and O–H groups in total. The fraction of sp³-hybridized carbons (Fsp3) is 0.368. The Morgan fingerprint density at radius 3 is 2.71 bits per heavy atom. The molecular formula is C19H22N4O4S. The Hall–Kier alpha value is -2.94. The van der Waals surface area contributed by atoms with Crippen LogP contribution in [0.3, 0.4) is 0 Å². The number of methoxy groups -OCH3 is 1. The summed E-state index contributed by atoms with van der Waals surface area (Å²) >= 11 is 1.35. The first-order valence-corrected chi connectivity index (χ1v) is 9.80. The van der Waals surface area contributed by atoms with Crippen molar-refractivity contribution >= 4 is 29.1 Å². The van der Waals surface area contributed by atoms with Crippen LogP contribution in [0.1, 0.15) is 23.3 Å². The molecule has 3 rings (SSSR count). The quantitative estimate of drug-likeness (QED) is 0.758. The van der Waals surface area contributed by atoms with E-state index in [-0.39, 0.29) is 24.1 Å². The zero-order valence-electron chi connectivity index (χ0n) is 15.7. The average Bonchev–Trinajstić information content (AvgIpc) is 3.41. The third-order valence-corrected chi connectivity index (χ3v) is 5.49. The van der Waals surface area contributed by atoms with Gasteiger partial charge in [0.05, 0.1) is 13.7 Å². The minimum absolute atomic E-state index is 0.165. The number of nitrogens with zero attached hydrogens (tertiary/aromatic N) is 2. The van der Waals surface area contributed by atoms with Crippen LogP contribution in [0.15, 0.2) is 29.6 Å². The number of rotatable bonds is 6. The first-order chi connectivity index (χ1) is 13.5. The maximum Gasteiger partial charge on any atom is 0.271 e. The second-order valence-electron chi connectivity index (χ2n) is 6.31. The van der Waals surface area contributed by atoms with Crippen molar-refractivity contribution in [1.29, 1.82) is 0 Å². The van der Waals surface area contributed by atoms with Crippen molar-refractivity contribution in [3.8, 4) is 16.3 Å². The largest absolute Gasteiger partial charge is 0.497 e. The molecule has 2 aromatic rings. The molecule has 0 bridgehead atoms. The van der Waals surface area contributed by atoms with E-state index in [2.05, 4.69) is 15.6 Å². The minimum Gasteiger partial charge on any atom is -0.497 e. The Balaban J connectivity index is 1.58. The maximum atomic E-state index is 12.4. The molecular weight excluding hydrogens is 380 g/mol. The number of likely N-dealkylation sites (N-methyl/N-ethyl adjacent to an activating group) is 1. The van der Waals surface area contributed by atoms with E-state index in [1.807, 2.05) is 24.3 Å². The topological polar surface area (TPSA) is 101 Å². The molecule has 9 heteroatoms. The van der Waals surface area contributed by atoms with E-state index in [4.69, 9.17) is 4.74 Å². The summed E-state index contributed by atoms with van der Waals surface area (Å²) < 4.78 is 5.13. The summed E-state index contributed by atoms with van der Waals surface area (Å²) in [5.74, 6) is -0.125. The third kappa shape index (κ3) is 4.30. The molecule has 1 atom stereocenters. The number of thiazole rings is 1. The van der Waals surface area contributed by atoms with Crippen molar-refractivity contribution in [2.75, 3.05) is 27.2 Å². The number of hydrogen-bond acceptors (Lipinski definition) is 6. The summed E-state index contributed by atoms with van der Waals surface area (Å²) in [6.45, 7) is 0.354. The smallest absolute Gasteiger partial charge is 0.271 e. The average molecular weight is 402 g/mol. The summed E-state index contributed by atoms with van der Waals surface area (Å²) in [6.07, 6.45) is 1.41.